The van der Waals surface area contributed by atoms with E-state index in [1.54, 1.807) is 6.92 Å². The fourth-order valence-corrected chi connectivity index (χ4v) is 2.33. The standard InChI is InChI=1S/C12H14Cl2N4O3/c1-2-15-11(19)8-6-21-4-3-18(8)12(20)7-5-9(13)16-17-10(7)14/h5,8H,2-4,6H2,1H3,(H,15,19). The average Bonchev–Trinajstić information content (AvgIpc) is 2.49. The first-order valence-electron chi connectivity index (χ1n) is 6.39. The molecule has 0 spiro atoms. The molecule has 0 aromatic carbocycles. The maximum Gasteiger partial charge on any atom is 0.258 e. The zero-order valence-corrected chi connectivity index (χ0v) is 12.8. The Labute approximate surface area is 131 Å². The van der Waals surface area contributed by atoms with Crippen LogP contribution in [-0.2, 0) is 9.53 Å². The Bertz CT molecular complexity index is 555. The van der Waals surface area contributed by atoms with Crippen LogP contribution in [0.15, 0.2) is 6.07 Å². The fraction of sp³-hybridized carbons (Fsp3) is 0.500. The Kier molecular flexibility index (Phi) is 5.33. The maximum absolute atomic E-state index is 12.6. The van der Waals surface area contributed by atoms with Crippen molar-refractivity contribution in [2.75, 3.05) is 26.3 Å². The van der Waals surface area contributed by atoms with Crippen molar-refractivity contribution in [2.24, 2.45) is 0 Å². The van der Waals surface area contributed by atoms with E-state index in [4.69, 9.17) is 27.9 Å². The molecule has 9 heteroatoms. The van der Waals surface area contributed by atoms with Crippen molar-refractivity contribution >= 4 is 35.0 Å². The van der Waals surface area contributed by atoms with Crippen LogP contribution < -0.4 is 5.32 Å². The van der Waals surface area contributed by atoms with Crippen LogP contribution in [0.25, 0.3) is 0 Å². The number of hydrogen-bond acceptors (Lipinski definition) is 5. The van der Waals surface area contributed by atoms with Gasteiger partial charge < -0.3 is 15.0 Å². The highest BCUT2D eigenvalue weighted by Gasteiger charge is 2.34. The summed E-state index contributed by atoms with van der Waals surface area (Å²) in [5.41, 5.74) is 0.118. The lowest BCUT2D eigenvalue weighted by Gasteiger charge is -2.34. The van der Waals surface area contributed by atoms with Gasteiger partial charge in [-0.2, -0.15) is 0 Å². The van der Waals surface area contributed by atoms with Crippen molar-refractivity contribution in [3.05, 3.63) is 21.9 Å². The van der Waals surface area contributed by atoms with E-state index in [1.165, 1.54) is 11.0 Å². The van der Waals surface area contributed by atoms with Gasteiger partial charge in [0.15, 0.2) is 10.3 Å². The zero-order chi connectivity index (χ0) is 15.4. The highest BCUT2D eigenvalue weighted by atomic mass is 35.5. The van der Waals surface area contributed by atoms with E-state index >= 15 is 0 Å². The monoisotopic (exact) mass is 332 g/mol. The lowest BCUT2D eigenvalue weighted by molar-refractivity contribution is -0.130. The molecular weight excluding hydrogens is 319 g/mol. The Morgan fingerprint density at radius 2 is 2.24 bits per heavy atom. The van der Waals surface area contributed by atoms with E-state index in [0.717, 1.165) is 0 Å². The number of ether oxygens (including phenoxy) is 1. The molecule has 114 valence electrons. The minimum Gasteiger partial charge on any atom is -0.377 e. The van der Waals surface area contributed by atoms with Gasteiger partial charge in [0.1, 0.15) is 6.04 Å². The van der Waals surface area contributed by atoms with Crippen LogP contribution in [-0.4, -0.2) is 59.3 Å². The zero-order valence-electron chi connectivity index (χ0n) is 11.3. The molecule has 1 aliphatic rings. The Morgan fingerprint density at radius 1 is 1.48 bits per heavy atom. The molecule has 1 fully saturated rings. The van der Waals surface area contributed by atoms with E-state index in [0.29, 0.717) is 13.2 Å². The number of amides is 2. The van der Waals surface area contributed by atoms with Crippen LogP contribution in [0.2, 0.25) is 10.3 Å². The molecule has 0 saturated carbocycles. The van der Waals surface area contributed by atoms with Crippen molar-refractivity contribution in [1.29, 1.82) is 0 Å². The smallest absolute Gasteiger partial charge is 0.258 e. The summed E-state index contributed by atoms with van der Waals surface area (Å²) >= 11 is 11.6. The molecule has 1 aromatic heterocycles. The summed E-state index contributed by atoms with van der Waals surface area (Å²) in [6, 6.07) is 0.637. The second-order valence-electron chi connectivity index (χ2n) is 4.36. The molecule has 1 N–H and O–H groups in total. The normalized spacial score (nSPS) is 18.4. The lowest BCUT2D eigenvalue weighted by atomic mass is 10.1. The van der Waals surface area contributed by atoms with Crippen molar-refractivity contribution in [3.8, 4) is 0 Å². The average molecular weight is 333 g/mol. The molecule has 1 atom stereocenters. The summed E-state index contributed by atoms with van der Waals surface area (Å²) in [6.07, 6.45) is 0. The summed E-state index contributed by atoms with van der Waals surface area (Å²) in [6.45, 7) is 3.06. The van der Waals surface area contributed by atoms with Gasteiger partial charge in [-0.05, 0) is 13.0 Å². The molecule has 2 amide bonds. The van der Waals surface area contributed by atoms with Crippen molar-refractivity contribution in [1.82, 2.24) is 20.4 Å². The second kappa shape index (κ2) is 7.02. The molecule has 7 nitrogen and oxygen atoms in total. The second-order valence-corrected chi connectivity index (χ2v) is 5.10. The van der Waals surface area contributed by atoms with Crippen molar-refractivity contribution in [3.63, 3.8) is 0 Å². The number of nitrogens with zero attached hydrogens (tertiary/aromatic N) is 3. The Morgan fingerprint density at radius 3 is 2.95 bits per heavy atom. The summed E-state index contributed by atoms with van der Waals surface area (Å²) in [4.78, 5) is 26.0. The molecule has 2 heterocycles. The van der Waals surface area contributed by atoms with Crippen molar-refractivity contribution in [2.45, 2.75) is 13.0 Å². The number of nitrogens with one attached hydrogen (secondary N) is 1. The van der Waals surface area contributed by atoms with Gasteiger partial charge in [-0.25, -0.2) is 0 Å². The van der Waals surface area contributed by atoms with E-state index in [1.807, 2.05) is 0 Å². The minimum atomic E-state index is -0.700. The van der Waals surface area contributed by atoms with E-state index in [-0.39, 0.29) is 34.9 Å². The topological polar surface area (TPSA) is 84.4 Å². The third-order valence-corrected chi connectivity index (χ3v) is 3.46. The van der Waals surface area contributed by atoms with Crippen LogP contribution >= 0.6 is 23.2 Å². The van der Waals surface area contributed by atoms with E-state index in [2.05, 4.69) is 15.5 Å². The number of likely N-dealkylation sites (N-methyl/N-ethyl adjacent to an activating group) is 1. The summed E-state index contributed by atoms with van der Waals surface area (Å²) < 4.78 is 5.28. The predicted octanol–water partition coefficient (Wildman–Crippen LogP) is 0.761. The van der Waals surface area contributed by atoms with Gasteiger partial charge in [-0.15, -0.1) is 10.2 Å². The number of hydrogen-bond donors (Lipinski definition) is 1. The number of morpholine rings is 1. The largest absolute Gasteiger partial charge is 0.377 e. The first-order chi connectivity index (χ1) is 10.0. The Hall–Kier alpha value is -1.44. The van der Waals surface area contributed by atoms with Crippen LogP contribution in [0, 0.1) is 0 Å². The Balaban J connectivity index is 2.26. The van der Waals surface area contributed by atoms with Gasteiger partial charge in [0.25, 0.3) is 5.91 Å². The minimum absolute atomic E-state index is 0.0504. The molecule has 0 aliphatic carbocycles. The molecule has 1 aromatic rings. The van der Waals surface area contributed by atoms with Crippen molar-refractivity contribution < 1.29 is 14.3 Å². The molecule has 1 aliphatic heterocycles. The molecule has 21 heavy (non-hydrogen) atoms. The first kappa shape index (κ1) is 15.9. The molecular formula is C12H14Cl2N4O3. The molecule has 0 bridgehead atoms. The predicted molar refractivity (Wildman–Crippen MR) is 76.4 cm³/mol. The number of carbonyl (C=O) groups excluding carboxylic acids is 2. The lowest BCUT2D eigenvalue weighted by Crippen LogP contribution is -2.55. The van der Waals surface area contributed by atoms with Gasteiger partial charge in [0.2, 0.25) is 5.91 Å². The summed E-state index contributed by atoms with van der Waals surface area (Å²) in [7, 11) is 0. The maximum atomic E-state index is 12.6. The quantitative estimate of drug-likeness (QED) is 0.883. The van der Waals surface area contributed by atoms with Gasteiger partial charge in [-0.1, -0.05) is 23.2 Å². The van der Waals surface area contributed by atoms with Crippen LogP contribution in [0.4, 0.5) is 0 Å². The number of aromatic nitrogens is 2. The third-order valence-electron chi connectivity index (χ3n) is 2.99. The number of carbonyl (C=O) groups is 2. The molecule has 1 unspecified atom stereocenters. The molecule has 0 radical (unpaired) electrons. The fourth-order valence-electron chi connectivity index (χ4n) is 2.01. The summed E-state index contributed by atoms with van der Waals surface area (Å²) in [5.74, 6) is -0.689. The highest BCUT2D eigenvalue weighted by molar-refractivity contribution is 6.34. The van der Waals surface area contributed by atoms with Crippen LogP contribution in [0.5, 0.6) is 0 Å². The SMILES string of the molecule is CCNC(=O)C1COCCN1C(=O)c1cc(Cl)nnc1Cl. The molecule has 1 saturated heterocycles. The number of halogens is 2. The highest BCUT2D eigenvalue weighted by Crippen LogP contribution is 2.20. The van der Waals surface area contributed by atoms with Gasteiger partial charge >= 0.3 is 0 Å². The van der Waals surface area contributed by atoms with Gasteiger partial charge in [0, 0.05) is 13.1 Å². The van der Waals surface area contributed by atoms with Crippen LogP contribution in [0.3, 0.4) is 0 Å². The molecule has 2 rings (SSSR count). The van der Waals surface area contributed by atoms with E-state index in [9.17, 15) is 9.59 Å². The number of rotatable bonds is 3. The van der Waals surface area contributed by atoms with E-state index < -0.39 is 11.9 Å². The third kappa shape index (κ3) is 3.61. The van der Waals surface area contributed by atoms with Crippen LogP contribution in [0.1, 0.15) is 17.3 Å². The van der Waals surface area contributed by atoms with Gasteiger partial charge in [0.05, 0.1) is 18.8 Å². The van der Waals surface area contributed by atoms with Gasteiger partial charge in [-0.3, -0.25) is 9.59 Å². The summed E-state index contributed by atoms with van der Waals surface area (Å²) in [5, 5.41) is 9.85. The first-order valence-corrected chi connectivity index (χ1v) is 7.15.